The number of amides is 3. The van der Waals surface area contributed by atoms with Gasteiger partial charge in [-0.25, -0.2) is 8.78 Å². The Morgan fingerprint density at radius 1 is 1.03 bits per heavy atom. The zero-order valence-corrected chi connectivity index (χ0v) is 22.8. The van der Waals surface area contributed by atoms with Gasteiger partial charge in [0.25, 0.3) is 0 Å². The topological polar surface area (TPSA) is 102 Å². The Bertz CT molecular complexity index is 1140. The van der Waals surface area contributed by atoms with Crippen LogP contribution in [0.15, 0.2) is 42.5 Å². The van der Waals surface area contributed by atoms with Crippen molar-refractivity contribution in [1.82, 2.24) is 20.4 Å². The molecule has 3 N–H and O–H groups in total. The molecule has 3 rings (SSSR count). The minimum Gasteiger partial charge on any atom is -0.390 e. The van der Waals surface area contributed by atoms with Gasteiger partial charge in [-0.3, -0.25) is 14.4 Å². The van der Waals surface area contributed by atoms with E-state index in [2.05, 4.69) is 23.6 Å². The van der Waals surface area contributed by atoms with Crippen molar-refractivity contribution in [2.45, 2.75) is 64.8 Å². The van der Waals surface area contributed by atoms with E-state index in [1.54, 1.807) is 6.92 Å². The second-order valence-corrected chi connectivity index (χ2v) is 9.87. The normalized spacial score (nSPS) is 17.3. The Labute approximate surface area is 228 Å². The Balaban J connectivity index is 1.69. The first kappa shape index (κ1) is 30.2. The summed E-state index contributed by atoms with van der Waals surface area (Å²) in [6, 6.07) is 9.98. The van der Waals surface area contributed by atoms with Crippen LogP contribution in [0.5, 0.6) is 0 Å². The molecule has 0 saturated carbocycles. The van der Waals surface area contributed by atoms with E-state index in [0.717, 1.165) is 30.2 Å². The lowest BCUT2D eigenvalue weighted by molar-refractivity contribution is -0.159. The monoisotopic (exact) mass is 544 g/mol. The third-order valence-corrected chi connectivity index (χ3v) is 7.02. The van der Waals surface area contributed by atoms with Crippen LogP contribution >= 0.6 is 0 Å². The lowest BCUT2D eigenvalue weighted by Gasteiger charge is -2.39. The van der Waals surface area contributed by atoms with E-state index in [-0.39, 0.29) is 37.7 Å². The average Bonchev–Trinajstić information content (AvgIpc) is 2.90. The number of hydrogen-bond acceptors (Lipinski definition) is 5. The summed E-state index contributed by atoms with van der Waals surface area (Å²) in [5.41, 5.74) is 2.49. The number of aryl methyl sites for hydroxylation is 1. The van der Waals surface area contributed by atoms with Gasteiger partial charge in [0.1, 0.15) is 18.2 Å². The number of nitrogens with zero attached hydrogens (tertiary/aromatic N) is 2. The van der Waals surface area contributed by atoms with Crippen molar-refractivity contribution in [1.29, 1.82) is 0 Å². The molecule has 3 amide bonds. The number of aliphatic hydroxyl groups is 1. The van der Waals surface area contributed by atoms with Gasteiger partial charge in [-0.05, 0) is 55.0 Å². The minimum atomic E-state index is -1.10. The summed E-state index contributed by atoms with van der Waals surface area (Å²) in [5, 5.41) is 16.9. The second-order valence-electron chi connectivity index (χ2n) is 9.87. The Morgan fingerprint density at radius 2 is 1.72 bits per heavy atom. The van der Waals surface area contributed by atoms with E-state index >= 15 is 0 Å². The molecule has 0 aliphatic carbocycles. The van der Waals surface area contributed by atoms with Crippen molar-refractivity contribution in [3.63, 3.8) is 0 Å². The molecule has 1 saturated heterocycles. The van der Waals surface area contributed by atoms with Crippen LogP contribution in [0.2, 0.25) is 0 Å². The zero-order valence-electron chi connectivity index (χ0n) is 22.8. The van der Waals surface area contributed by atoms with E-state index in [9.17, 15) is 28.3 Å². The van der Waals surface area contributed by atoms with Gasteiger partial charge in [-0.1, -0.05) is 38.1 Å². The fourth-order valence-electron chi connectivity index (χ4n) is 4.91. The van der Waals surface area contributed by atoms with Crippen LogP contribution in [-0.2, 0) is 33.8 Å². The number of aliphatic hydroxyl groups excluding tert-OH is 1. The van der Waals surface area contributed by atoms with Gasteiger partial charge in [0.05, 0.1) is 12.1 Å². The van der Waals surface area contributed by atoms with E-state index in [0.29, 0.717) is 19.5 Å². The molecule has 0 aromatic heterocycles. The first-order valence-electron chi connectivity index (χ1n) is 13.5. The molecular formula is C29H38F2N4O4. The van der Waals surface area contributed by atoms with Crippen molar-refractivity contribution < 1.29 is 28.3 Å². The summed E-state index contributed by atoms with van der Waals surface area (Å²) in [4.78, 5) is 40.8. The Kier molecular flexibility index (Phi) is 10.9. The van der Waals surface area contributed by atoms with Gasteiger partial charge in [0, 0.05) is 38.3 Å². The molecule has 212 valence electrons. The molecule has 1 aliphatic heterocycles. The van der Waals surface area contributed by atoms with Crippen LogP contribution in [0, 0.1) is 11.6 Å². The SMILES string of the molecule is CCc1cccc(CNCC(O)C(Cc2cc(F)cc(F)c2)NC(=O)CN2CC(CC)N(CC)C(=O)C2=O)c1. The van der Waals surface area contributed by atoms with Gasteiger partial charge in [-0.15, -0.1) is 0 Å². The van der Waals surface area contributed by atoms with Gasteiger partial charge in [0.2, 0.25) is 5.91 Å². The highest BCUT2D eigenvalue weighted by Crippen LogP contribution is 2.16. The number of rotatable bonds is 13. The Morgan fingerprint density at radius 3 is 2.36 bits per heavy atom. The second kappa shape index (κ2) is 14.1. The fraction of sp³-hybridized carbons (Fsp3) is 0.483. The number of benzene rings is 2. The fourth-order valence-corrected chi connectivity index (χ4v) is 4.91. The molecule has 0 spiro atoms. The molecule has 2 aromatic rings. The van der Waals surface area contributed by atoms with Crippen molar-refractivity contribution >= 4 is 17.7 Å². The molecule has 8 nitrogen and oxygen atoms in total. The third-order valence-electron chi connectivity index (χ3n) is 7.02. The van der Waals surface area contributed by atoms with Crippen molar-refractivity contribution in [3.05, 3.63) is 70.8 Å². The first-order chi connectivity index (χ1) is 18.6. The summed E-state index contributed by atoms with van der Waals surface area (Å²) in [6.45, 7) is 6.61. The summed E-state index contributed by atoms with van der Waals surface area (Å²) in [6.07, 6.45) is 0.384. The number of carbonyl (C=O) groups is 3. The van der Waals surface area contributed by atoms with Crippen LogP contribution in [0.25, 0.3) is 0 Å². The summed E-state index contributed by atoms with van der Waals surface area (Å²) in [5.74, 6) is -3.50. The van der Waals surface area contributed by atoms with E-state index < -0.39 is 41.5 Å². The van der Waals surface area contributed by atoms with Crippen molar-refractivity contribution in [3.8, 4) is 0 Å². The number of hydrogen-bond donors (Lipinski definition) is 3. The largest absolute Gasteiger partial charge is 0.390 e. The van der Waals surface area contributed by atoms with Crippen LogP contribution in [-0.4, -0.2) is 77.0 Å². The van der Waals surface area contributed by atoms with E-state index in [4.69, 9.17) is 0 Å². The molecule has 39 heavy (non-hydrogen) atoms. The number of nitrogens with one attached hydrogen (secondary N) is 2. The lowest BCUT2D eigenvalue weighted by atomic mass is 10.00. The molecule has 2 aromatic carbocycles. The predicted molar refractivity (Wildman–Crippen MR) is 144 cm³/mol. The maximum atomic E-state index is 13.8. The Hall–Kier alpha value is -3.37. The number of carbonyl (C=O) groups excluding carboxylic acids is 3. The van der Waals surface area contributed by atoms with E-state index in [1.807, 2.05) is 25.1 Å². The van der Waals surface area contributed by atoms with E-state index in [1.165, 1.54) is 15.4 Å². The highest BCUT2D eigenvalue weighted by molar-refractivity contribution is 6.35. The maximum absolute atomic E-state index is 13.8. The zero-order chi connectivity index (χ0) is 28.5. The van der Waals surface area contributed by atoms with Gasteiger partial charge >= 0.3 is 11.8 Å². The average molecular weight is 545 g/mol. The summed E-state index contributed by atoms with van der Waals surface area (Å²) in [7, 11) is 0. The molecule has 3 unspecified atom stereocenters. The van der Waals surface area contributed by atoms with Crippen LogP contribution in [0.3, 0.4) is 0 Å². The van der Waals surface area contributed by atoms with Gasteiger partial charge in [-0.2, -0.15) is 0 Å². The quantitative estimate of drug-likeness (QED) is 0.336. The van der Waals surface area contributed by atoms with Gasteiger partial charge < -0.3 is 25.5 Å². The highest BCUT2D eigenvalue weighted by atomic mass is 19.1. The van der Waals surface area contributed by atoms with Crippen LogP contribution in [0.4, 0.5) is 8.78 Å². The van der Waals surface area contributed by atoms with Gasteiger partial charge in [0.15, 0.2) is 0 Å². The number of halogens is 2. The highest BCUT2D eigenvalue weighted by Gasteiger charge is 2.38. The molecule has 1 aliphatic rings. The molecule has 0 bridgehead atoms. The van der Waals surface area contributed by atoms with Crippen molar-refractivity contribution in [2.75, 3.05) is 26.2 Å². The molecule has 0 radical (unpaired) electrons. The maximum Gasteiger partial charge on any atom is 0.312 e. The standard InChI is InChI=1S/C29H38F2N4O4/c1-4-19-8-7-9-20(10-19)15-32-16-26(36)25(13-21-11-22(30)14-23(31)12-21)33-27(37)18-34-17-24(5-2)35(6-3)29(39)28(34)38/h7-12,14,24-26,32,36H,4-6,13,15-18H2,1-3H3,(H,33,37). The molecule has 10 heteroatoms. The molecule has 1 fully saturated rings. The number of likely N-dealkylation sites (N-methyl/N-ethyl adjacent to an activating group) is 1. The minimum absolute atomic E-state index is 0.0390. The smallest absolute Gasteiger partial charge is 0.312 e. The van der Waals surface area contributed by atoms with Crippen LogP contribution in [0.1, 0.15) is 43.9 Å². The lowest BCUT2D eigenvalue weighted by Crippen LogP contribution is -2.61. The molecular weight excluding hydrogens is 506 g/mol. The number of piperazine rings is 1. The predicted octanol–water partition coefficient (Wildman–Crippen LogP) is 2.17. The summed E-state index contributed by atoms with van der Waals surface area (Å²) < 4.78 is 27.7. The van der Waals surface area contributed by atoms with Crippen molar-refractivity contribution in [2.24, 2.45) is 0 Å². The summed E-state index contributed by atoms with van der Waals surface area (Å²) >= 11 is 0. The van der Waals surface area contributed by atoms with Crippen LogP contribution < -0.4 is 10.6 Å². The third kappa shape index (κ3) is 8.31. The first-order valence-corrected chi connectivity index (χ1v) is 13.5. The molecule has 3 atom stereocenters. The molecule has 1 heterocycles.